The van der Waals surface area contributed by atoms with E-state index in [2.05, 4.69) is 45.1 Å². The molecule has 1 fully saturated rings. The molecule has 3 rings (SSSR count). The third-order valence-electron chi connectivity index (χ3n) is 3.45. The minimum atomic E-state index is 0.280. The Hall–Kier alpha value is -1.66. The number of hydrazine groups is 1. The van der Waals surface area contributed by atoms with Crippen LogP contribution in [0, 0.1) is 0 Å². The Morgan fingerprint density at radius 1 is 1.40 bits per heavy atom. The molecule has 1 atom stereocenters. The fraction of sp³-hybridized carbons (Fsp3) is 0.429. The zero-order chi connectivity index (χ0) is 13.9. The fourth-order valence-corrected chi connectivity index (χ4v) is 3.04. The van der Waals surface area contributed by atoms with Gasteiger partial charge in [-0.3, -0.25) is 0 Å². The molecule has 0 saturated heterocycles. The Bertz CT molecular complexity index is 565. The summed E-state index contributed by atoms with van der Waals surface area (Å²) in [6, 6.07) is 6.37. The lowest BCUT2D eigenvalue weighted by molar-refractivity contribution is 0.754. The van der Waals surface area contributed by atoms with Crippen LogP contribution in [0.2, 0.25) is 0 Å². The Morgan fingerprint density at radius 2 is 2.20 bits per heavy atom. The summed E-state index contributed by atoms with van der Waals surface area (Å²) in [6.45, 7) is 2.17. The second-order valence-corrected chi connectivity index (χ2v) is 6.02. The summed E-state index contributed by atoms with van der Waals surface area (Å²) in [7, 11) is 0. The standard InChI is InChI=1S/C14H19N5S/c1-2-10(11-4-3-7-20-11)16-12-8-13(19-15)18-14(17-12)9-5-6-9/h3-4,7-10H,2,5-6,15H2,1H3,(H2,16,17,18,19). The number of anilines is 2. The van der Waals surface area contributed by atoms with Crippen LogP contribution in [0.5, 0.6) is 0 Å². The van der Waals surface area contributed by atoms with E-state index in [1.807, 2.05) is 6.07 Å². The molecular weight excluding hydrogens is 270 g/mol. The van der Waals surface area contributed by atoms with Crippen molar-refractivity contribution < 1.29 is 0 Å². The molecule has 0 amide bonds. The van der Waals surface area contributed by atoms with Crippen LogP contribution in [0.1, 0.15) is 48.8 Å². The number of nitrogens with one attached hydrogen (secondary N) is 2. The van der Waals surface area contributed by atoms with E-state index in [0.717, 1.165) is 18.1 Å². The van der Waals surface area contributed by atoms with Gasteiger partial charge < -0.3 is 10.7 Å². The summed E-state index contributed by atoms with van der Waals surface area (Å²) in [5, 5.41) is 5.59. The van der Waals surface area contributed by atoms with Gasteiger partial charge in [0, 0.05) is 16.9 Å². The van der Waals surface area contributed by atoms with Crippen molar-refractivity contribution in [2.24, 2.45) is 5.84 Å². The molecule has 2 aromatic rings. The van der Waals surface area contributed by atoms with Gasteiger partial charge in [0.1, 0.15) is 17.5 Å². The highest BCUT2D eigenvalue weighted by atomic mass is 32.1. The van der Waals surface area contributed by atoms with E-state index in [9.17, 15) is 0 Å². The van der Waals surface area contributed by atoms with Crippen LogP contribution in [-0.4, -0.2) is 9.97 Å². The second kappa shape index (κ2) is 5.76. The maximum absolute atomic E-state index is 5.50. The molecular formula is C14H19N5S. The highest BCUT2D eigenvalue weighted by Gasteiger charge is 2.27. The number of hydrogen-bond donors (Lipinski definition) is 3. The highest BCUT2D eigenvalue weighted by molar-refractivity contribution is 7.10. The Labute approximate surface area is 122 Å². The molecule has 106 valence electrons. The molecule has 0 radical (unpaired) electrons. The SMILES string of the molecule is CCC(Nc1cc(NN)nc(C2CC2)n1)c1cccs1. The molecule has 0 aromatic carbocycles. The molecule has 2 aromatic heterocycles. The van der Waals surface area contributed by atoms with Crippen molar-refractivity contribution in [2.45, 2.75) is 38.1 Å². The van der Waals surface area contributed by atoms with Crippen LogP contribution in [0.15, 0.2) is 23.6 Å². The van der Waals surface area contributed by atoms with E-state index in [1.54, 1.807) is 11.3 Å². The van der Waals surface area contributed by atoms with Crippen LogP contribution < -0.4 is 16.6 Å². The molecule has 4 N–H and O–H groups in total. The number of nitrogens with two attached hydrogens (primary N) is 1. The van der Waals surface area contributed by atoms with Gasteiger partial charge in [0.15, 0.2) is 0 Å². The van der Waals surface area contributed by atoms with E-state index >= 15 is 0 Å². The summed E-state index contributed by atoms with van der Waals surface area (Å²) in [6.07, 6.45) is 3.36. The highest BCUT2D eigenvalue weighted by Crippen LogP contribution is 2.39. The van der Waals surface area contributed by atoms with Crippen LogP contribution in [0.4, 0.5) is 11.6 Å². The molecule has 20 heavy (non-hydrogen) atoms. The molecule has 5 nitrogen and oxygen atoms in total. The van der Waals surface area contributed by atoms with Crippen molar-refractivity contribution in [2.75, 3.05) is 10.7 Å². The molecule has 1 unspecified atom stereocenters. The second-order valence-electron chi connectivity index (χ2n) is 5.04. The largest absolute Gasteiger partial charge is 0.362 e. The lowest BCUT2D eigenvalue weighted by Crippen LogP contribution is -2.14. The Morgan fingerprint density at radius 3 is 2.80 bits per heavy atom. The smallest absolute Gasteiger partial charge is 0.145 e. The van der Waals surface area contributed by atoms with Gasteiger partial charge in [-0.05, 0) is 30.7 Å². The van der Waals surface area contributed by atoms with Gasteiger partial charge >= 0.3 is 0 Å². The van der Waals surface area contributed by atoms with Gasteiger partial charge in [-0.15, -0.1) is 11.3 Å². The van der Waals surface area contributed by atoms with Crippen LogP contribution in [0.3, 0.4) is 0 Å². The zero-order valence-electron chi connectivity index (χ0n) is 11.5. The average Bonchev–Trinajstić information content (AvgIpc) is 3.20. The minimum absolute atomic E-state index is 0.280. The Balaban J connectivity index is 1.83. The summed E-state index contributed by atoms with van der Waals surface area (Å²) < 4.78 is 0. The van der Waals surface area contributed by atoms with Crippen molar-refractivity contribution in [1.29, 1.82) is 0 Å². The van der Waals surface area contributed by atoms with Crippen molar-refractivity contribution in [3.63, 3.8) is 0 Å². The number of nitrogen functional groups attached to an aromatic ring is 1. The summed E-state index contributed by atoms with van der Waals surface area (Å²) in [5.41, 5.74) is 2.63. The third-order valence-corrected chi connectivity index (χ3v) is 4.44. The van der Waals surface area contributed by atoms with Crippen LogP contribution in [-0.2, 0) is 0 Å². The first-order valence-corrected chi connectivity index (χ1v) is 7.83. The molecule has 1 aliphatic rings. The van der Waals surface area contributed by atoms with E-state index in [0.29, 0.717) is 11.7 Å². The number of nitrogens with zero attached hydrogens (tertiary/aromatic N) is 2. The fourth-order valence-electron chi connectivity index (χ4n) is 2.18. The number of rotatable bonds is 6. The summed E-state index contributed by atoms with van der Waals surface area (Å²) >= 11 is 1.76. The first-order chi connectivity index (χ1) is 9.80. The number of hydrogen-bond acceptors (Lipinski definition) is 6. The van der Waals surface area contributed by atoms with Gasteiger partial charge in [0.05, 0.1) is 6.04 Å². The third kappa shape index (κ3) is 2.91. The molecule has 0 aliphatic heterocycles. The molecule has 1 saturated carbocycles. The van der Waals surface area contributed by atoms with E-state index in [4.69, 9.17) is 5.84 Å². The first kappa shape index (κ1) is 13.3. The number of aromatic nitrogens is 2. The summed E-state index contributed by atoms with van der Waals surface area (Å²) in [4.78, 5) is 10.4. The van der Waals surface area contributed by atoms with Gasteiger partial charge in [-0.25, -0.2) is 15.8 Å². The van der Waals surface area contributed by atoms with Crippen molar-refractivity contribution in [3.8, 4) is 0 Å². The topological polar surface area (TPSA) is 75.9 Å². The minimum Gasteiger partial charge on any atom is -0.362 e. The van der Waals surface area contributed by atoms with E-state index in [-0.39, 0.29) is 6.04 Å². The van der Waals surface area contributed by atoms with Crippen LogP contribution in [0.25, 0.3) is 0 Å². The van der Waals surface area contributed by atoms with E-state index < -0.39 is 0 Å². The Kier molecular flexibility index (Phi) is 3.84. The predicted octanol–water partition coefficient (Wildman–Crippen LogP) is 3.26. The molecule has 0 bridgehead atoms. The summed E-state index contributed by atoms with van der Waals surface area (Å²) in [5.74, 6) is 8.41. The molecule has 6 heteroatoms. The van der Waals surface area contributed by atoms with Crippen molar-refractivity contribution in [1.82, 2.24) is 9.97 Å². The lowest BCUT2D eigenvalue weighted by Gasteiger charge is -2.17. The van der Waals surface area contributed by atoms with Crippen molar-refractivity contribution >= 4 is 23.0 Å². The molecule has 0 spiro atoms. The average molecular weight is 289 g/mol. The maximum atomic E-state index is 5.50. The van der Waals surface area contributed by atoms with Crippen LogP contribution >= 0.6 is 11.3 Å². The zero-order valence-corrected chi connectivity index (χ0v) is 12.3. The normalized spacial score (nSPS) is 15.9. The first-order valence-electron chi connectivity index (χ1n) is 6.95. The van der Waals surface area contributed by atoms with Gasteiger partial charge in [0.25, 0.3) is 0 Å². The molecule has 2 heterocycles. The van der Waals surface area contributed by atoms with Gasteiger partial charge in [0.2, 0.25) is 0 Å². The molecule has 1 aliphatic carbocycles. The van der Waals surface area contributed by atoms with E-state index in [1.165, 1.54) is 17.7 Å². The van der Waals surface area contributed by atoms with Gasteiger partial charge in [-0.2, -0.15) is 0 Å². The monoisotopic (exact) mass is 289 g/mol. The predicted molar refractivity (Wildman–Crippen MR) is 82.8 cm³/mol. The number of thiophene rings is 1. The quantitative estimate of drug-likeness (QED) is 0.562. The van der Waals surface area contributed by atoms with Gasteiger partial charge in [-0.1, -0.05) is 13.0 Å². The maximum Gasteiger partial charge on any atom is 0.145 e. The lowest BCUT2D eigenvalue weighted by atomic mass is 10.2. The van der Waals surface area contributed by atoms with Crippen molar-refractivity contribution in [3.05, 3.63) is 34.3 Å².